The first-order valence-corrected chi connectivity index (χ1v) is 5.15. The second kappa shape index (κ2) is 3.98. The zero-order valence-electron chi connectivity index (χ0n) is 7.50. The normalized spacial score (nSPS) is 11.6. The Hall–Kier alpha value is -1.06. The maximum Gasteiger partial charge on any atom is 0.0615 e. The van der Waals surface area contributed by atoms with Gasteiger partial charge in [-0.3, -0.25) is 0 Å². The van der Waals surface area contributed by atoms with Gasteiger partial charge in [0.2, 0.25) is 0 Å². The maximum atomic E-state index is 8.70. The van der Waals surface area contributed by atoms with E-state index >= 15 is 0 Å². The summed E-state index contributed by atoms with van der Waals surface area (Å²) in [6.07, 6.45) is 5.56. The molecule has 0 atom stereocenters. The van der Waals surface area contributed by atoms with E-state index in [9.17, 15) is 0 Å². The van der Waals surface area contributed by atoms with Crippen molar-refractivity contribution < 1.29 is 5.11 Å². The van der Waals surface area contributed by atoms with Crippen LogP contribution in [0.15, 0.2) is 34.9 Å². The molecule has 0 spiro atoms. The molecule has 0 unspecified atom stereocenters. The molecule has 0 aliphatic heterocycles. The van der Waals surface area contributed by atoms with Crippen molar-refractivity contribution in [2.45, 2.75) is 0 Å². The van der Waals surface area contributed by atoms with Crippen molar-refractivity contribution in [1.29, 1.82) is 0 Å². The Morgan fingerprint density at radius 3 is 3.07 bits per heavy atom. The summed E-state index contributed by atoms with van der Waals surface area (Å²) >= 11 is 3.50. The summed E-state index contributed by atoms with van der Waals surface area (Å²) < 4.78 is 1.06. The van der Waals surface area contributed by atoms with E-state index in [2.05, 4.69) is 20.9 Å². The summed E-state index contributed by atoms with van der Waals surface area (Å²) in [6.45, 7) is 0.0666. The molecular weight excluding hydrogens is 242 g/mol. The van der Waals surface area contributed by atoms with E-state index in [1.165, 1.54) is 0 Å². The van der Waals surface area contributed by atoms with E-state index in [-0.39, 0.29) is 6.61 Å². The molecule has 2 N–H and O–H groups in total. The largest absolute Gasteiger partial charge is 0.392 e. The number of fused-ring (bicyclic) bond motifs is 1. The number of hydrogen-bond donors (Lipinski definition) is 2. The average molecular weight is 252 g/mol. The van der Waals surface area contributed by atoms with Gasteiger partial charge in [0.15, 0.2) is 0 Å². The van der Waals surface area contributed by atoms with Gasteiger partial charge in [0.05, 0.1) is 6.61 Å². The highest BCUT2D eigenvalue weighted by Crippen LogP contribution is 2.27. The molecule has 1 aromatic carbocycles. The Labute approximate surface area is 90.4 Å². The van der Waals surface area contributed by atoms with Crippen LogP contribution in [0, 0.1) is 0 Å². The summed E-state index contributed by atoms with van der Waals surface area (Å²) in [7, 11) is 0. The SMILES string of the molecule is OCC=Cc1c[nH]c2cccc(Br)c12. The van der Waals surface area contributed by atoms with Gasteiger partial charge in [0, 0.05) is 27.1 Å². The Morgan fingerprint density at radius 1 is 1.43 bits per heavy atom. The van der Waals surface area contributed by atoms with Crippen molar-refractivity contribution in [1.82, 2.24) is 4.98 Å². The third-order valence-corrected chi connectivity index (χ3v) is 2.75. The van der Waals surface area contributed by atoms with Crippen LogP contribution in [0.4, 0.5) is 0 Å². The summed E-state index contributed by atoms with van der Waals surface area (Å²) in [5.41, 5.74) is 2.18. The molecule has 0 bridgehead atoms. The zero-order valence-corrected chi connectivity index (χ0v) is 9.08. The quantitative estimate of drug-likeness (QED) is 0.846. The van der Waals surface area contributed by atoms with Gasteiger partial charge < -0.3 is 10.1 Å². The minimum absolute atomic E-state index is 0.0666. The predicted octanol–water partition coefficient (Wildman–Crippen LogP) is 2.94. The lowest BCUT2D eigenvalue weighted by Gasteiger charge is -1.95. The number of hydrogen-bond acceptors (Lipinski definition) is 1. The Morgan fingerprint density at radius 2 is 2.29 bits per heavy atom. The second-order valence-electron chi connectivity index (χ2n) is 2.99. The molecule has 1 aromatic heterocycles. The number of aliphatic hydroxyl groups excluding tert-OH is 1. The van der Waals surface area contributed by atoms with Crippen LogP contribution >= 0.6 is 15.9 Å². The molecule has 2 aromatic rings. The lowest BCUT2D eigenvalue weighted by Crippen LogP contribution is -1.73. The number of aliphatic hydroxyl groups is 1. The van der Waals surface area contributed by atoms with Crippen LogP contribution in [0.25, 0.3) is 17.0 Å². The van der Waals surface area contributed by atoms with Crippen molar-refractivity contribution in [3.63, 3.8) is 0 Å². The number of aromatic amines is 1. The van der Waals surface area contributed by atoms with Gasteiger partial charge >= 0.3 is 0 Å². The summed E-state index contributed by atoms with van der Waals surface area (Å²) in [5.74, 6) is 0. The van der Waals surface area contributed by atoms with Crippen LogP contribution in [0.5, 0.6) is 0 Å². The Balaban J connectivity index is 2.61. The molecule has 72 valence electrons. The molecule has 0 radical (unpaired) electrons. The van der Waals surface area contributed by atoms with Crippen molar-refractivity contribution in [2.75, 3.05) is 6.61 Å². The van der Waals surface area contributed by atoms with Crippen LogP contribution in [0.3, 0.4) is 0 Å². The van der Waals surface area contributed by atoms with Crippen molar-refractivity contribution in [3.05, 3.63) is 40.5 Å². The van der Waals surface area contributed by atoms with Crippen molar-refractivity contribution in [3.8, 4) is 0 Å². The minimum Gasteiger partial charge on any atom is -0.392 e. The number of aromatic nitrogens is 1. The summed E-state index contributed by atoms with van der Waals surface area (Å²) in [5, 5.41) is 9.85. The monoisotopic (exact) mass is 251 g/mol. The van der Waals surface area contributed by atoms with Gasteiger partial charge in [0.25, 0.3) is 0 Å². The van der Waals surface area contributed by atoms with E-state index in [0.717, 1.165) is 20.9 Å². The first kappa shape index (κ1) is 9.49. The van der Waals surface area contributed by atoms with Gasteiger partial charge in [-0.1, -0.05) is 34.1 Å². The van der Waals surface area contributed by atoms with E-state index in [0.29, 0.717) is 0 Å². The molecule has 0 aliphatic rings. The molecule has 3 heteroatoms. The highest BCUT2D eigenvalue weighted by molar-refractivity contribution is 9.10. The summed E-state index contributed by atoms with van der Waals surface area (Å²) in [4.78, 5) is 3.18. The molecule has 0 saturated carbocycles. The van der Waals surface area contributed by atoms with Gasteiger partial charge in [-0.15, -0.1) is 0 Å². The van der Waals surface area contributed by atoms with E-state index in [1.54, 1.807) is 6.08 Å². The molecule has 14 heavy (non-hydrogen) atoms. The van der Waals surface area contributed by atoms with Crippen molar-refractivity contribution in [2.24, 2.45) is 0 Å². The minimum atomic E-state index is 0.0666. The second-order valence-corrected chi connectivity index (χ2v) is 3.85. The fourth-order valence-electron chi connectivity index (χ4n) is 1.48. The number of halogens is 1. The highest BCUT2D eigenvalue weighted by atomic mass is 79.9. The molecule has 2 rings (SSSR count). The van der Waals surface area contributed by atoms with Gasteiger partial charge in [-0.2, -0.15) is 0 Å². The summed E-state index contributed by atoms with van der Waals surface area (Å²) in [6, 6.07) is 6.02. The molecule has 0 aliphatic carbocycles. The zero-order chi connectivity index (χ0) is 9.97. The molecule has 0 fully saturated rings. The average Bonchev–Trinajstić information content (AvgIpc) is 2.59. The van der Waals surface area contributed by atoms with E-state index in [1.807, 2.05) is 30.5 Å². The smallest absolute Gasteiger partial charge is 0.0615 e. The standard InChI is InChI=1S/C11H10BrNO/c12-9-4-1-5-10-11(9)8(7-13-10)3-2-6-14/h1-5,7,13-14H,6H2. The molecule has 2 nitrogen and oxygen atoms in total. The predicted molar refractivity (Wildman–Crippen MR) is 62.1 cm³/mol. The molecule has 0 saturated heterocycles. The fraction of sp³-hybridized carbons (Fsp3) is 0.0909. The van der Waals surface area contributed by atoms with Crippen LogP contribution in [0.2, 0.25) is 0 Å². The maximum absolute atomic E-state index is 8.70. The Kier molecular flexibility index (Phi) is 2.70. The number of H-pyrrole nitrogens is 1. The Bertz CT molecular complexity index is 473. The third kappa shape index (κ3) is 1.61. The first-order valence-electron chi connectivity index (χ1n) is 4.36. The van der Waals surface area contributed by atoms with Crippen molar-refractivity contribution >= 4 is 32.9 Å². The topological polar surface area (TPSA) is 36.0 Å². The van der Waals surface area contributed by atoms with Crippen LogP contribution in [-0.4, -0.2) is 16.7 Å². The van der Waals surface area contributed by atoms with Crippen LogP contribution < -0.4 is 0 Å². The molecular formula is C11H10BrNO. The van der Waals surface area contributed by atoms with Crippen LogP contribution in [-0.2, 0) is 0 Å². The van der Waals surface area contributed by atoms with E-state index in [4.69, 9.17) is 5.11 Å². The third-order valence-electron chi connectivity index (χ3n) is 2.09. The van der Waals surface area contributed by atoms with Gasteiger partial charge in [-0.25, -0.2) is 0 Å². The lowest BCUT2D eigenvalue weighted by molar-refractivity contribution is 0.343. The van der Waals surface area contributed by atoms with Gasteiger partial charge in [-0.05, 0) is 12.1 Å². The van der Waals surface area contributed by atoms with Crippen LogP contribution in [0.1, 0.15) is 5.56 Å². The first-order chi connectivity index (χ1) is 6.83. The number of rotatable bonds is 2. The number of nitrogens with one attached hydrogen (secondary N) is 1. The number of benzene rings is 1. The van der Waals surface area contributed by atoms with E-state index < -0.39 is 0 Å². The fourth-order valence-corrected chi connectivity index (χ4v) is 2.07. The molecule has 0 amide bonds. The lowest BCUT2D eigenvalue weighted by atomic mass is 10.1. The molecule has 1 heterocycles. The van der Waals surface area contributed by atoms with Gasteiger partial charge in [0.1, 0.15) is 0 Å². The highest BCUT2D eigenvalue weighted by Gasteiger charge is 2.03.